The summed E-state index contributed by atoms with van der Waals surface area (Å²) < 4.78 is 11.7. The molecule has 0 aromatic heterocycles. The number of nitrogens with one attached hydrogen (secondary N) is 1. The molecule has 0 bridgehead atoms. The summed E-state index contributed by atoms with van der Waals surface area (Å²) in [5.41, 5.74) is 1.12. The Morgan fingerprint density at radius 1 is 1.23 bits per heavy atom. The summed E-state index contributed by atoms with van der Waals surface area (Å²) in [6.07, 6.45) is 6.04. The standard InChI is InChI=1S/C16H20BrNO3S/c17-13-7-15-14(20-10-21-15)6-11(13)8-22-9-16(19)18-12-4-2-1-3-5-12/h6-7,12H,1-5,8-10H2,(H,18,19). The Morgan fingerprint density at radius 3 is 2.73 bits per heavy atom. The Balaban J connectivity index is 1.45. The van der Waals surface area contributed by atoms with Crippen molar-refractivity contribution in [1.82, 2.24) is 5.32 Å². The molecule has 0 unspecified atom stereocenters. The molecule has 120 valence electrons. The lowest BCUT2D eigenvalue weighted by molar-refractivity contribution is -0.119. The van der Waals surface area contributed by atoms with Gasteiger partial charge in [0.1, 0.15) is 0 Å². The van der Waals surface area contributed by atoms with Crippen molar-refractivity contribution < 1.29 is 14.3 Å². The number of amides is 1. The van der Waals surface area contributed by atoms with Crippen LogP contribution in [0.15, 0.2) is 16.6 Å². The molecule has 1 N–H and O–H groups in total. The van der Waals surface area contributed by atoms with Crippen LogP contribution in [0.3, 0.4) is 0 Å². The quantitative estimate of drug-likeness (QED) is 0.835. The number of benzene rings is 1. The highest BCUT2D eigenvalue weighted by Gasteiger charge is 2.18. The van der Waals surface area contributed by atoms with Crippen LogP contribution < -0.4 is 14.8 Å². The fraction of sp³-hybridized carbons (Fsp3) is 0.562. The molecule has 6 heteroatoms. The van der Waals surface area contributed by atoms with E-state index in [0.29, 0.717) is 11.8 Å². The molecule has 1 aromatic rings. The SMILES string of the molecule is O=C(CSCc1cc2c(cc1Br)OCO2)NC1CCCCC1. The van der Waals surface area contributed by atoms with E-state index in [1.54, 1.807) is 11.8 Å². The maximum Gasteiger partial charge on any atom is 0.231 e. The van der Waals surface area contributed by atoms with Crippen LogP contribution in [0.4, 0.5) is 0 Å². The van der Waals surface area contributed by atoms with Crippen molar-refractivity contribution in [2.45, 2.75) is 43.9 Å². The average molecular weight is 386 g/mol. The molecule has 2 aliphatic rings. The van der Waals surface area contributed by atoms with Crippen molar-refractivity contribution >= 4 is 33.6 Å². The molecule has 0 spiro atoms. The number of carbonyl (C=O) groups excluding carboxylic acids is 1. The predicted octanol–water partition coefficient (Wildman–Crippen LogP) is 3.86. The van der Waals surface area contributed by atoms with E-state index in [0.717, 1.165) is 40.1 Å². The Bertz CT molecular complexity index is 546. The molecule has 0 atom stereocenters. The van der Waals surface area contributed by atoms with Gasteiger partial charge < -0.3 is 14.8 Å². The van der Waals surface area contributed by atoms with Crippen LogP contribution in [-0.4, -0.2) is 24.5 Å². The third-order valence-electron chi connectivity index (χ3n) is 4.00. The van der Waals surface area contributed by atoms with Crippen LogP contribution in [0.1, 0.15) is 37.7 Å². The second-order valence-electron chi connectivity index (χ2n) is 5.69. The fourth-order valence-electron chi connectivity index (χ4n) is 2.84. The monoisotopic (exact) mass is 385 g/mol. The van der Waals surface area contributed by atoms with Gasteiger partial charge >= 0.3 is 0 Å². The number of thioether (sulfide) groups is 1. The minimum Gasteiger partial charge on any atom is -0.454 e. The first kappa shape index (κ1) is 16.0. The van der Waals surface area contributed by atoms with Gasteiger partial charge in [-0.05, 0) is 30.5 Å². The predicted molar refractivity (Wildman–Crippen MR) is 91.4 cm³/mol. The second kappa shape index (κ2) is 7.59. The summed E-state index contributed by atoms with van der Waals surface area (Å²) in [7, 11) is 0. The molecule has 1 aliphatic carbocycles. The zero-order valence-electron chi connectivity index (χ0n) is 12.4. The smallest absolute Gasteiger partial charge is 0.231 e. The zero-order chi connectivity index (χ0) is 15.4. The summed E-state index contributed by atoms with van der Waals surface area (Å²) in [5, 5.41) is 3.15. The molecule has 1 heterocycles. The van der Waals surface area contributed by atoms with Gasteiger partial charge in [0.25, 0.3) is 0 Å². The van der Waals surface area contributed by atoms with Gasteiger partial charge in [-0.15, -0.1) is 11.8 Å². The number of halogens is 1. The molecule has 22 heavy (non-hydrogen) atoms. The first-order chi connectivity index (χ1) is 10.7. The van der Waals surface area contributed by atoms with Crippen molar-refractivity contribution in [3.8, 4) is 11.5 Å². The van der Waals surface area contributed by atoms with Crippen LogP contribution in [0, 0.1) is 0 Å². The van der Waals surface area contributed by atoms with Gasteiger partial charge in [-0.1, -0.05) is 35.2 Å². The van der Waals surface area contributed by atoms with E-state index in [1.165, 1.54) is 19.3 Å². The van der Waals surface area contributed by atoms with E-state index < -0.39 is 0 Å². The lowest BCUT2D eigenvalue weighted by Crippen LogP contribution is -2.37. The van der Waals surface area contributed by atoms with Crippen molar-refractivity contribution in [3.63, 3.8) is 0 Å². The van der Waals surface area contributed by atoms with Crippen molar-refractivity contribution in [3.05, 3.63) is 22.2 Å². The van der Waals surface area contributed by atoms with Crippen LogP contribution in [0.2, 0.25) is 0 Å². The zero-order valence-corrected chi connectivity index (χ0v) is 14.8. The lowest BCUT2D eigenvalue weighted by Gasteiger charge is -2.22. The van der Waals surface area contributed by atoms with Gasteiger partial charge in [-0.25, -0.2) is 0 Å². The number of ether oxygens (including phenoxy) is 2. The minimum atomic E-state index is 0.147. The van der Waals surface area contributed by atoms with Gasteiger partial charge in [0, 0.05) is 16.3 Å². The van der Waals surface area contributed by atoms with Crippen molar-refractivity contribution in [1.29, 1.82) is 0 Å². The molecule has 0 radical (unpaired) electrons. The highest BCUT2D eigenvalue weighted by Crippen LogP contribution is 2.38. The minimum absolute atomic E-state index is 0.147. The van der Waals surface area contributed by atoms with Gasteiger partial charge in [-0.2, -0.15) is 0 Å². The van der Waals surface area contributed by atoms with Gasteiger partial charge in [0.15, 0.2) is 11.5 Å². The van der Waals surface area contributed by atoms with E-state index in [-0.39, 0.29) is 12.7 Å². The Hall–Kier alpha value is -0.880. The Morgan fingerprint density at radius 2 is 1.95 bits per heavy atom. The van der Waals surface area contributed by atoms with Crippen LogP contribution in [0.25, 0.3) is 0 Å². The molecular formula is C16H20BrNO3S. The van der Waals surface area contributed by atoms with Crippen LogP contribution in [-0.2, 0) is 10.5 Å². The Kier molecular flexibility index (Phi) is 5.52. The first-order valence-corrected chi connectivity index (χ1v) is 9.62. The number of rotatable bonds is 5. The number of fused-ring (bicyclic) bond motifs is 1. The fourth-order valence-corrected chi connectivity index (χ4v) is 4.32. The molecule has 3 rings (SSSR count). The van der Waals surface area contributed by atoms with E-state index in [9.17, 15) is 4.79 Å². The summed E-state index contributed by atoms with van der Waals surface area (Å²) in [6, 6.07) is 4.30. The largest absolute Gasteiger partial charge is 0.454 e. The number of hydrogen-bond acceptors (Lipinski definition) is 4. The van der Waals surface area contributed by atoms with Gasteiger partial charge in [-0.3, -0.25) is 4.79 Å². The van der Waals surface area contributed by atoms with Gasteiger partial charge in [0.05, 0.1) is 5.75 Å². The third-order valence-corrected chi connectivity index (χ3v) is 5.72. The highest BCUT2D eigenvalue weighted by atomic mass is 79.9. The molecule has 1 saturated carbocycles. The maximum atomic E-state index is 12.0. The molecule has 1 amide bonds. The maximum absolute atomic E-state index is 12.0. The van der Waals surface area contributed by atoms with E-state index in [4.69, 9.17) is 9.47 Å². The molecule has 4 nitrogen and oxygen atoms in total. The number of hydrogen-bond donors (Lipinski definition) is 1. The molecule has 1 fully saturated rings. The summed E-state index contributed by atoms with van der Waals surface area (Å²) in [6.45, 7) is 0.280. The Labute approximate surface area is 143 Å². The topological polar surface area (TPSA) is 47.6 Å². The summed E-state index contributed by atoms with van der Waals surface area (Å²) in [5.74, 6) is 2.97. The normalized spacial score (nSPS) is 17.5. The molecule has 1 aromatic carbocycles. The van der Waals surface area contributed by atoms with Crippen molar-refractivity contribution in [2.75, 3.05) is 12.5 Å². The van der Waals surface area contributed by atoms with Crippen molar-refractivity contribution in [2.24, 2.45) is 0 Å². The lowest BCUT2D eigenvalue weighted by atomic mass is 9.95. The van der Waals surface area contributed by atoms with Crippen LogP contribution in [0.5, 0.6) is 11.5 Å². The average Bonchev–Trinajstić information content (AvgIpc) is 2.95. The summed E-state index contributed by atoms with van der Waals surface area (Å²) in [4.78, 5) is 12.0. The first-order valence-electron chi connectivity index (χ1n) is 7.67. The summed E-state index contributed by atoms with van der Waals surface area (Å²) >= 11 is 5.17. The molecule has 1 aliphatic heterocycles. The number of carbonyl (C=O) groups is 1. The van der Waals surface area contributed by atoms with E-state index in [1.807, 2.05) is 12.1 Å². The van der Waals surface area contributed by atoms with Crippen LogP contribution >= 0.6 is 27.7 Å². The van der Waals surface area contributed by atoms with E-state index in [2.05, 4.69) is 21.2 Å². The van der Waals surface area contributed by atoms with E-state index >= 15 is 0 Å². The highest BCUT2D eigenvalue weighted by molar-refractivity contribution is 9.10. The van der Waals surface area contributed by atoms with Gasteiger partial charge in [0.2, 0.25) is 12.7 Å². The molecule has 0 saturated heterocycles. The second-order valence-corrected chi connectivity index (χ2v) is 7.53. The third kappa shape index (κ3) is 4.10. The molecular weight excluding hydrogens is 366 g/mol.